The summed E-state index contributed by atoms with van der Waals surface area (Å²) in [5, 5.41) is 12.0. The van der Waals surface area contributed by atoms with Crippen molar-refractivity contribution in [2.24, 2.45) is 11.1 Å². The van der Waals surface area contributed by atoms with Crippen molar-refractivity contribution in [1.82, 2.24) is 4.31 Å². The summed E-state index contributed by atoms with van der Waals surface area (Å²) in [6.07, 6.45) is 0.475. The molecule has 106 valence electrons. The third-order valence-electron chi connectivity index (χ3n) is 3.22. The molecular formula is C11H15BrN2O3S2. The fourth-order valence-corrected chi connectivity index (χ4v) is 5.95. The third-order valence-corrected chi connectivity index (χ3v) is 7.67. The van der Waals surface area contributed by atoms with Gasteiger partial charge in [-0.2, -0.15) is 4.31 Å². The normalized spacial score (nSPS) is 23.9. The highest BCUT2D eigenvalue weighted by Crippen LogP contribution is 2.33. The zero-order valence-electron chi connectivity index (χ0n) is 10.6. The zero-order chi connectivity index (χ0) is 14.2. The smallest absolute Gasteiger partial charge is 0.252 e. The van der Waals surface area contributed by atoms with Gasteiger partial charge >= 0.3 is 0 Å². The quantitative estimate of drug-likeness (QED) is 0.645. The fraction of sp³-hybridized carbons (Fsp3) is 0.545. The molecule has 1 saturated heterocycles. The van der Waals surface area contributed by atoms with Crippen LogP contribution in [0.25, 0.3) is 0 Å². The summed E-state index contributed by atoms with van der Waals surface area (Å²) in [6, 6.07) is 1.68. The molecule has 1 unspecified atom stereocenters. The molecule has 0 radical (unpaired) electrons. The predicted octanol–water partition coefficient (Wildman–Crippen LogP) is 2.68. The van der Waals surface area contributed by atoms with Crippen LogP contribution in [-0.4, -0.2) is 36.7 Å². The second kappa shape index (κ2) is 5.51. The van der Waals surface area contributed by atoms with Crippen molar-refractivity contribution in [3.05, 3.63) is 15.4 Å². The maximum absolute atomic E-state index is 12.5. The van der Waals surface area contributed by atoms with E-state index in [4.69, 9.17) is 5.21 Å². The van der Waals surface area contributed by atoms with E-state index in [1.807, 2.05) is 13.8 Å². The van der Waals surface area contributed by atoms with Crippen molar-refractivity contribution in [3.63, 3.8) is 0 Å². The molecule has 0 spiro atoms. The molecule has 1 N–H and O–H groups in total. The van der Waals surface area contributed by atoms with E-state index in [9.17, 15) is 8.42 Å². The van der Waals surface area contributed by atoms with E-state index < -0.39 is 10.0 Å². The minimum atomic E-state index is -3.44. The highest BCUT2D eigenvalue weighted by molar-refractivity contribution is 9.11. The molecule has 2 heterocycles. The Morgan fingerprint density at radius 2 is 2.26 bits per heavy atom. The average molecular weight is 367 g/mol. The van der Waals surface area contributed by atoms with Crippen molar-refractivity contribution in [3.8, 4) is 0 Å². The average Bonchev–Trinajstić information content (AvgIpc) is 2.70. The first-order valence-electron chi connectivity index (χ1n) is 5.83. The second-order valence-electron chi connectivity index (χ2n) is 4.63. The number of rotatable bonds is 2. The Bertz CT molecular complexity index is 590. The zero-order valence-corrected chi connectivity index (χ0v) is 13.8. The van der Waals surface area contributed by atoms with Crippen LogP contribution in [0.4, 0.5) is 0 Å². The largest absolute Gasteiger partial charge is 0.411 e. The summed E-state index contributed by atoms with van der Waals surface area (Å²) < 4.78 is 27.7. The number of nitrogens with zero attached hydrogens (tertiary/aromatic N) is 2. The Labute approximate surface area is 125 Å². The van der Waals surface area contributed by atoms with Crippen molar-refractivity contribution in [2.45, 2.75) is 24.5 Å². The first kappa shape index (κ1) is 15.0. The lowest BCUT2D eigenvalue weighted by Gasteiger charge is -2.30. The van der Waals surface area contributed by atoms with Crippen LogP contribution in [0.1, 0.15) is 18.9 Å². The van der Waals surface area contributed by atoms with Gasteiger partial charge in [0.15, 0.2) is 0 Å². The third kappa shape index (κ3) is 2.86. The molecular weight excluding hydrogens is 352 g/mol. The predicted molar refractivity (Wildman–Crippen MR) is 78.5 cm³/mol. The number of halogens is 1. The van der Waals surface area contributed by atoms with Crippen LogP contribution in [0, 0.1) is 12.8 Å². The fourth-order valence-electron chi connectivity index (χ4n) is 2.04. The molecule has 0 amide bonds. The molecule has 5 nitrogen and oxygen atoms in total. The van der Waals surface area contributed by atoms with Crippen molar-refractivity contribution >= 4 is 43.0 Å². The van der Waals surface area contributed by atoms with E-state index in [2.05, 4.69) is 21.1 Å². The SMILES string of the molecule is Cc1cc(S(=O)(=O)N2CCC(=NO)C(C)C2)sc1Br. The van der Waals surface area contributed by atoms with Crippen LogP contribution in [0.15, 0.2) is 19.2 Å². The number of aryl methyl sites for hydroxylation is 1. The lowest BCUT2D eigenvalue weighted by atomic mass is 10.00. The van der Waals surface area contributed by atoms with E-state index in [1.54, 1.807) is 6.07 Å². The Balaban J connectivity index is 2.26. The standard InChI is InChI=1S/C11H15BrN2O3S2/c1-7-5-10(18-11(7)12)19(16,17)14-4-3-9(13-15)8(2)6-14/h5,8,15H,3-4,6H2,1-2H3. The highest BCUT2D eigenvalue weighted by Gasteiger charge is 2.33. The number of sulfonamides is 1. The molecule has 1 aromatic heterocycles. The van der Waals surface area contributed by atoms with Gasteiger partial charge in [0.2, 0.25) is 0 Å². The van der Waals surface area contributed by atoms with Crippen LogP contribution in [0.5, 0.6) is 0 Å². The lowest BCUT2D eigenvalue weighted by molar-refractivity contribution is 0.300. The van der Waals surface area contributed by atoms with Gasteiger partial charge in [0.1, 0.15) is 4.21 Å². The van der Waals surface area contributed by atoms with Crippen LogP contribution < -0.4 is 0 Å². The summed E-state index contributed by atoms with van der Waals surface area (Å²) in [6.45, 7) is 4.46. The Hall–Kier alpha value is -0.440. The van der Waals surface area contributed by atoms with Gasteiger partial charge in [-0.1, -0.05) is 12.1 Å². The molecule has 1 aromatic rings. The van der Waals surface area contributed by atoms with Gasteiger partial charge in [-0.05, 0) is 34.5 Å². The number of hydrogen-bond donors (Lipinski definition) is 1. The van der Waals surface area contributed by atoms with Crippen molar-refractivity contribution < 1.29 is 13.6 Å². The summed E-state index contributed by atoms with van der Waals surface area (Å²) in [4.78, 5) is 0. The number of hydrogen-bond acceptors (Lipinski definition) is 5. The number of thiophene rings is 1. The number of piperidine rings is 1. The van der Waals surface area contributed by atoms with E-state index in [0.29, 0.717) is 29.4 Å². The molecule has 2 rings (SSSR count). The summed E-state index contributed by atoms with van der Waals surface area (Å²) in [5.41, 5.74) is 1.58. The van der Waals surface area contributed by atoms with Crippen LogP contribution in [0.3, 0.4) is 0 Å². The molecule has 1 fully saturated rings. The number of oxime groups is 1. The molecule has 1 atom stereocenters. The molecule has 0 saturated carbocycles. The summed E-state index contributed by atoms with van der Waals surface area (Å²) >= 11 is 4.58. The Kier molecular flexibility index (Phi) is 4.34. The van der Waals surface area contributed by atoms with E-state index in [-0.39, 0.29) is 5.92 Å². The van der Waals surface area contributed by atoms with Gasteiger partial charge in [-0.25, -0.2) is 8.42 Å². The van der Waals surface area contributed by atoms with E-state index >= 15 is 0 Å². The first-order chi connectivity index (χ1) is 8.86. The van der Waals surface area contributed by atoms with Gasteiger partial charge in [0.05, 0.1) is 9.50 Å². The van der Waals surface area contributed by atoms with E-state index in [1.165, 1.54) is 15.6 Å². The van der Waals surface area contributed by atoms with Crippen molar-refractivity contribution in [1.29, 1.82) is 0 Å². The summed E-state index contributed by atoms with van der Waals surface area (Å²) in [7, 11) is -3.44. The van der Waals surface area contributed by atoms with Gasteiger partial charge in [-0.15, -0.1) is 11.3 Å². The topological polar surface area (TPSA) is 70.0 Å². The van der Waals surface area contributed by atoms with Gasteiger partial charge in [-0.3, -0.25) is 0 Å². The molecule has 1 aliphatic heterocycles. The molecule has 0 aliphatic carbocycles. The first-order valence-corrected chi connectivity index (χ1v) is 8.88. The maximum Gasteiger partial charge on any atom is 0.252 e. The molecule has 19 heavy (non-hydrogen) atoms. The Morgan fingerprint density at radius 1 is 1.58 bits per heavy atom. The van der Waals surface area contributed by atoms with Gasteiger partial charge in [0.25, 0.3) is 10.0 Å². The van der Waals surface area contributed by atoms with E-state index in [0.717, 1.165) is 9.35 Å². The lowest BCUT2D eigenvalue weighted by Crippen LogP contribution is -2.42. The molecule has 0 aromatic carbocycles. The van der Waals surface area contributed by atoms with Gasteiger partial charge in [0, 0.05) is 25.4 Å². The summed E-state index contributed by atoms with van der Waals surface area (Å²) in [5.74, 6) is -0.0574. The minimum Gasteiger partial charge on any atom is -0.411 e. The van der Waals surface area contributed by atoms with Crippen molar-refractivity contribution in [2.75, 3.05) is 13.1 Å². The van der Waals surface area contributed by atoms with Gasteiger partial charge < -0.3 is 5.21 Å². The van der Waals surface area contributed by atoms with Crippen LogP contribution in [0.2, 0.25) is 0 Å². The van der Waals surface area contributed by atoms with Crippen LogP contribution >= 0.6 is 27.3 Å². The molecule has 8 heteroatoms. The monoisotopic (exact) mass is 366 g/mol. The minimum absolute atomic E-state index is 0.0574. The Morgan fingerprint density at radius 3 is 2.74 bits per heavy atom. The maximum atomic E-state index is 12.5. The molecule has 0 bridgehead atoms. The highest BCUT2D eigenvalue weighted by atomic mass is 79.9. The van der Waals surface area contributed by atoms with Crippen LogP contribution in [-0.2, 0) is 10.0 Å². The molecule has 1 aliphatic rings. The second-order valence-corrected chi connectivity index (χ2v) is 9.16.